The number of nitro benzene ring substituents is 1. The number of nitrogens with one attached hydrogen (secondary N) is 1. The highest BCUT2D eigenvalue weighted by molar-refractivity contribution is 5.96. The van der Waals surface area contributed by atoms with Crippen molar-refractivity contribution in [2.24, 2.45) is 0 Å². The van der Waals surface area contributed by atoms with Gasteiger partial charge in [0.2, 0.25) is 0 Å². The first-order valence-electron chi connectivity index (χ1n) is 6.65. The Balaban J connectivity index is 2.55. The summed E-state index contributed by atoms with van der Waals surface area (Å²) < 4.78 is 4.77. The predicted octanol–water partition coefficient (Wildman–Crippen LogP) is 1.98. The molecule has 0 atom stereocenters. The van der Waals surface area contributed by atoms with Gasteiger partial charge in [-0.15, -0.1) is 0 Å². The number of hydrogen-bond acceptors (Lipinski definition) is 5. The Morgan fingerprint density at radius 2 is 2.10 bits per heavy atom. The maximum atomic E-state index is 12.0. The van der Waals surface area contributed by atoms with Crippen molar-refractivity contribution in [3.05, 3.63) is 39.4 Å². The summed E-state index contributed by atoms with van der Waals surface area (Å²) in [6.07, 6.45) is 0.681. The maximum Gasteiger partial charge on any atom is 0.305 e. The molecule has 7 heteroatoms. The molecule has 0 radical (unpaired) electrons. The molecule has 0 saturated heterocycles. The predicted molar refractivity (Wildman–Crippen MR) is 76.0 cm³/mol. The van der Waals surface area contributed by atoms with Crippen molar-refractivity contribution >= 4 is 17.6 Å². The number of benzene rings is 1. The Hall–Kier alpha value is -2.44. The van der Waals surface area contributed by atoms with E-state index in [4.69, 9.17) is 4.74 Å². The first kappa shape index (κ1) is 16.6. The van der Waals surface area contributed by atoms with Crippen LogP contribution in [-0.4, -0.2) is 30.0 Å². The highest BCUT2D eigenvalue weighted by atomic mass is 16.6. The Bertz CT molecular complexity index is 542. The standard InChI is InChI=1S/C14H18N2O5/c1-3-21-13(17)8-5-9-15-14(18)11-6-4-7-12(10(11)2)16(19)20/h4,6-7H,3,5,8-9H2,1-2H3,(H,15,18). The second-order valence-electron chi connectivity index (χ2n) is 4.37. The highest BCUT2D eigenvalue weighted by Crippen LogP contribution is 2.20. The Morgan fingerprint density at radius 1 is 1.38 bits per heavy atom. The van der Waals surface area contributed by atoms with E-state index < -0.39 is 4.92 Å². The molecule has 0 aromatic heterocycles. The summed E-state index contributed by atoms with van der Waals surface area (Å²) in [7, 11) is 0. The lowest BCUT2D eigenvalue weighted by molar-refractivity contribution is -0.385. The topological polar surface area (TPSA) is 98.5 Å². The fourth-order valence-corrected chi connectivity index (χ4v) is 1.83. The van der Waals surface area contributed by atoms with E-state index in [0.29, 0.717) is 25.1 Å². The quantitative estimate of drug-likeness (QED) is 0.359. The van der Waals surface area contributed by atoms with Gasteiger partial charge in [-0.25, -0.2) is 0 Å². The molecule has 0 fully saturated rings. The number of carbonyl (C=O) groups is 2. The number of ether oxygens (including phenoxy) is 1. The minimum Gasteiger partial charge on any atom is -0.466 e. The van der Waals surface area contributed by atoms with E-state index in [1.807, 2.05) is 0 Å². The summed E-state index contributed by atoms with van der Waals surface area (Å²) >= 11 is 0. The number of rotatable bonds is 7. The first-order valence-corrected chi connectivity index (χ1v) is 6.65. The number of carbonyl (C=O) groups excluding carboxylic acids is 2. The minimum absolute atomic E-state index is 0.0887. The van der Waals surface area contributed by atoms with E-state index in [0.717, 1.165) is 0 Å². The molecule has 0 aliphatic heterocycles. The number of nitrogens with zero attached hydrogens (tertiary/aromatic N) is 1. The van der Waals surface area contributed by atoms with Gasteiger partial charge in [-0.05, 0) is 26.3 Å². The van der Waals surface area contributed by atoms with Gasteiger partial charge >= 0.3 is 5.97 Å². The molecule has 0 unspecified atom stereocenters. The summed E-state index contributed by atoms with van der Waals surface area (Å²) in [6, 6.07) is 4.36. The van der Waals surface area contributed by atoms with E-state index >= 15 is 0 Å². The van der Waals surface area contributed by atoms with Crippen LogP contribution < -0.4 is 5.32 Å². The second-order valence-corrected chi connectivity index (χ2v) is 4.37. The van der Waals surface area contributed by atoms with Crippen molar-refractivity contribution in [1.82, 2.24) is 5.32 Å². The summed E-state index contributed by atoms with van der Waals surface area (Å²) in [5.41, 5.74) is 0.500. The largest absolute Gasteiger partial charge is 0.466 e. The monoisotopic (exact) mass is 294 g/mol. The molecule has 0 aliphatic carbocycles. The molecule has 114 valence electrons. The molecule has 0 saturated carbocycles. The summed E-state index contributed by atoms with van der Waals surface area (Å²) in [4.78, 5) is 33.4. The van der Waals surface area contributed by atoms with Gasteiger partial charge in [-0.3, -0.25) is 19.7 Å². The van der Waals surface area contributed by atoms with Crippen LogP contribution in [0.25, 0.3) is 0 Å². The van der Waals surface area contributed by atoms with Gasteiger partial charge in [0.15, 0.2) is 0 Å². The molecule has 1 N–H and O–H groups in total. The van der Waals surface area contributed by atoms with Crippen molar-refractivity contribution < 1.29 is 19.2 Å². The molecule has 1 aromatic carbocycles. The summed E-state index contributed by atoms with van der Waals surface area (Å²) in [5, 5.41) is 13.4. The molecule has 21 heavy (non-hydrogen) atoms. The number of nitro groups is 1. The molecule has 1 rings (SSSR count). The zero-order chi connectivity index (χ0) is 15.8. The molecule has 0 spiro atoms. The Kier molecular flexibility index (Phi) is 6.32. The van der Waals surface area contributed by atoms with Gasteiger partial charge in [0, 0.05) is 30.2 Å². The van der Waals surface area contributed by atoms with Crippen LogP contribution in [0.3, 0.4) is 0 Å². The van der Waals surface area contributed by atoms with Crippen molar-refractivity contribution in [3.8, 4) is 0 Å². The molecule has 0 aliphatic rings. The van der Waals surface area contributed by atoms with E-state index in [1.54, 1.807) is 6.92 Å². The van der Waals surface area contributed by atoms with Crippen molar-refractivity contribution in [2.45, 2.75) is 26.7 Å². The normalized spacial score (nSPS) is 10.0. The summed E-state index contributed by atoms with van der Waals surface area (Å²) in [5.74, 6) is -0.696. The zero-order valence-corrected chi connectivity index (χ0v) is 12.0. The molecule has 1 aromatic rings. The minimum atomic E-state index is -0.521. The van der Waals surface area contributed by atoms with Gasteiger partial charge in [-0.2, -0.15) is 0 Å². The third-order valence-corrected chi connectivity index (χ3v) is 2.90. The van der Waals surface area contributed by atoms with Crippen molar-refractivity contribution in [2.75, 3.05) is 13.2 Å². The smallest absolute Gasteiger partial charge is 0.305 e. The average molecular weight is 294 g/mol. The Labute approximate surface area is 122 Å². The van der Waals surface area contributed by atoms with Gasteiger partial charge in [-0.1, -0.05) is 6.07 Å². The molecule has 7 nitrogen and oxygen atoms in total. The maximum absolute atomic E-state index is 12.0. The van der Waals surface area contributed by atoms with Crippen LogP contribution >= 0.6 is 0 Å². The van der Waals surface area contributed by atoms with Crippen LogP contribution in [-0.2, 0) is 9.53 Å². The fraction of sp³-hybridized carbons (Fsp3) is 0.429. The fourth-order valence-electron chi connectivity index (χ4n) is 1.83. The van der Waals surface area contributed by atoms with Crippen LogP contribution in [0.2, 0.25) is 0 Å². The SMILES string of the molecule is CCOC(=O)CCCNC(=O)c1cccc([N+](=O)[O-])c1C. The second kappa shape index (κ2) is 7.98. The van der Waals surface area contributed by atoms with E-state index in [2.05, 4.69) is 5.32 Å². The lowest BCUT2D eigenvalue weighted by Crippen LogP contribution is -2.26. The van der Waals surface area contributed by atoms with E-state index in [1.165, 1.54) is 25.1 Å². The summed E-state index contributed by atoms with van der Waals surface area (Å²) in [6.45, 7) is 3.90. The number of amides is 1. The third-order valence-electron chi connectivity index (χ3n) is 2.90. The molecule has 1 amide bonds. The molecular weight excluding hydrogens is 276 g/mol. The third kappa shape index (κ3) is 4.87. The van der Waals surface area contributed by atoms with Crippen LogP contribution in [0.15, 0.2) is 18.2 Å². The Morgan fingerprint density at radius 3 is 2.71 bits per heavy atom. The van der Waals surface area contributed by atoms with Gasteiger partial charge in [0.1, 0.15) is 0 Å². The lowest BCUT2D eigenvalue weighted by atomic mass is 10.1. The van der Waals surface area contributed by atoms with Crippen LogP contribution in [0.5, 0.6) is 0 Å². The number of hydrogen-bond donors (Lipinski definition) is 1. The lowest BCUT2D eigenvalue weighted by Gasteiger charge is -2.07. The van der Waals surface area contributed by atoms with Gasteiger partial charge < -0.3 is 10.1 Å². The average Bonchev–Trinajstić information content (AvgIpc) is 2.43. The van der Waals surface area contributed by atoms with Crippen molar-refractivity contribution in [3.63, 3.8) is 0 Å². The van der Waals surface area contributed by atoms with Crippen LogP contribution in [0.4, 0.5) is 5.69 Å². The highest BCUT2D eigenvalue weighted by Gasteiger charge is 2.17. The molecule has 0 heterocycles. The van der Waals surface area contributed by atoms with Crippen LogP contribution in [0.1, 0.15) is 35.7 Å². The van der Waals surface area contributed by atoms with Gasteiger partial charge in [0.25, 0.3) is 11.6 Å². The van der Waals surface area contributed by atoms with Crippen LogP contribution in [0, 0.1) is 17.0 Å². The zero-order valence-electron chi connectivity index (χ0n) is 12.0. The number of esters is 1. The van der Waals surface area contributed by atoms with E-state index in [9.17, 15) is 19.7 Å². The van der Waals surface area contributed by atoms with Crippen molar-refractivity contribution in [1.29, 1.82) is 0 Å². The van der Waals surface area contributed by atoms with Gasteiger partial charge in [0.05, 0.1) is 11.5 Å². The molecular formula is C14H18N2O5. The van der Waals surface area contributed by atoms with E-state index in [-0.39, 0.29) is 29.5 Å². The first-order chi connectivity index (χ1) is 9.97. The molecule has 0 bridgehead atoms.